The first-order chi connectivity index (χ1) is 8.15. The number of allylic oxidation sites excluding steroid dienone is 3. The molecule has 0 atom stereocenters. The Hall–Kier alpha value is -1.45. The van der Waals surface area contributed by atoms with Crippen molar-refractivity contribution in [2.45, 2.75) is 6.42 Å². The van der Waals surface area contributed by atoms with Gasteiger partial charge in [-0.2, -0.15) is 0 Å². The van der Waals surface area contributed by atoms with Crippen molar-refractivity contribution in [2.24, 2.45) is 0 Å². The SMILES string of the molecule is O=C1CC(Cl)=CC2=C1Oc1c(Cl)cccc1O2. The van der Waals surface area contributed by atoms with Gasteiger partial charge in [0.2, 0.25) is 11.5 Å². The summed E-state index contributed by atoms with van der Waals surface area (Å²) in [7, 11) is 0. The first-order valence-electron chi connectivity index (χ1n) is 4.93. The Labute approximate surface area is 107 Å². The van der Waals surface area contributed by atoms with Gasteiger partial charge in [0.1, 0.15) is 0 Å². The second-order valence-electron chi connectivity index (χ2n) is 3.66. The van der Waals surface area contributed by atoms with Crippen molar-refractivity contribution in [3.05, 3.63) is 45.8 Å². The number of ether oxygens (including phenoxy) is 2. The molecule has 0 unspecified atom stereocenters. The van der Waals surface area contributed by atoms with Crippen molar-refractivity contribution in [1.29, 1.82) is 0 Å². The first-order valence-corrected chi connectivity index (χ1v) is 5.68. The van der Waals surface area contributed by atoms with E-state index >= 15 is 0 Å². The molecule has 0 amide bonds. The number of carbonyl (C=O) groups is 1. The lowest BCUT2D eigenvalue weighted by Gasteiger charge is -2.24. The third kappa shape index (κ3) is 1.72. The van der Waals surface area contributed by atoms with Crippen LogP contribution in [0.3, 0.4) is 0 Å². The first kappa shape index (κ1) is 10.7. The average molecular weight is 269 g/mol. The van der Waals surface area contributed by atoms with E-state index in [-0.39, 0.29) is 18.0 Å². The second kappa shape index (κ2) is 3.79. The molecule has 3 rings (SSSR count). The van der Waals surface area contributed by atoms with E-state index in [2.05, 4.69) is 0 Å². The van der Waals surface area contributed by atoms with Crippen LogP contribution in [0.15, 0.2) is 40.8 Å². The molecule has 17 heavy (non-hydrogen) atoms. The molecule has 2 aliphatic rings. The van der Waals surface area contributed by atoms with Crippen LogP contribution in [0.4, 0.5) is 0 Å². The summed E-state index contributed by atoms with van der Waals surface area (Å²) in [5, 5.41) is 0.838. The Kier molecular flexibility index (Phi) is 2.38. The Morgan fingerprint density at radius 3 is 2.82 bits per heavy atom. The van der Waals surface area contributed by atoms with Gasteiger partial charge in [-0.3, -0.25) is 4.79 Å². The number of ketones is 1. The van der Waals surface area contributed by atoms with Crippen LogP contribution in [0.1, 0.15) is 6.42 Å². The number of carbonyl (C=O) groups excluding carboxylic acids is 1. The van der Waals surface area contributed by atoms with E-state index in [1.165, 1.54) is 0 Å². The predicted molar refractivity (Wildman–Crippen MR) is 63.3 cm³/mol. The Balaban J connectivity index is 2.11. The molecule has 1 aliphatic heterocycles. The summed E-state index contributed by atoms with van der Waals surface area (Å²) in [6, 6.07) is 5.13. The lowest BCUT2D eigenvalue weighted by Crippen LogP contribution is -2.21. The summed E-state index contributed by atoms with van der Waals surface area (Å²) in [6.07, 6.45) is 1.71. The normalized spacial score (nSPS) is 17.8. The van der Waals surface area contributed by atoms with Crippen molar-refractivity contribution in [3.8, 4) is 11.5 Å². The third-order valence-corrected chi connectivity index (χ3v) is 2.99. The Morgan fingerprint density at radius 2 is 2.00 bits per heavy atom. The zero-order chi connectivity index (χ0) is 12.0. The molecule has 0 aromatic heterocycles. The number of benzene rings is 1. The summed E-state index contributed by atoms with van der Waals surface area (Å²) in [5.74, 6) is 1.13. The highest BCUT2D eigenvalue weighted by atomic mass is 35.5. The van der Waals surface area contributed by atoms with Crippen LogP contribution in [0, 0.1) is 0 Å². The lowest BCUT2D eigenvalue weighted by molar-refractivity contribution is -0.117. The largest absolute Gasteiger partial charge is 0.449 e. The third-order valence-electron chi connectivity index (χ3n) is 2.45. The molecule has 0 fully saturated rings. The number of hydrogen-bond donors (Lipinski definition) is 0. The van der Waals surface area contributed by atoms with Gasteiger partial charge in [-0.25, -0.2) is 0 Å². The quantitative estimate of drug-likeness (QED) is 0.723. The average Bonchev–Trinajstić information content (AvgIpc) is 2.27. The number of para-hydroxylation sites is 1. The van der Waals surface area contributed by atoms with Gasteiger partial charge in [-0.1, -0.05) is 29.3 Å². The molecule has 0 N–H and O–H groups in total. The number of hydrogen-bond acceptors (Lipinski definition) is 3. The monoisotopic (exact) mass is 268 g/mol. The van der Waals surface area contributed by atoms with Crippen LogP contribution >= 0.6 is 23.2 Å². The molecule has 1 aromatic carbocycles. The van der Waals surface area contributed by atoms with Gasteiger partial charge in [0.25, 0.3) is 0 Å². The highest BCUT2D eigenvalue weighted by molar-refractivity contribution is 6.33. The maximum Gasteiger partial charge on any atom is 0.213 e. The van der Waals surface area contributed by atoms with Gasteiger partial charge in [0, 0.05) is 5.03 Å². The van der Waals surface area contributed by atoms with Gasteiger partial charge in [-0.15, -0.1) is 0 Å². The molecule has 0 spiro atoms. The minimum atomic E-state index is -0.210. The maximum atomic E-state index is 11.7. The summed E-state index contributed by atoms with van der Waals surface area (Å²) < 4.78 is 11.0. The smallest absolute Gasteiger partial charge is 0.213 e. The van der Waals surface area contributed by atoms with E-state index in [4.69, 9.17) is 32.7 Å². The molecular formula is C12H6Cl2O3. The predicted octanol–water partition coefficient (Wildman–Crippen LogP) is 3.42. The van der Waals surface area contributed by atoms with Crippen molar-refractivity contribution >= 4 is 29.0 Å². The van der Waals surface area contributed by atoms with Crippen LogP contribution in [0.2, 0.25) is 5.02 Å². The van der Waals surface area contributed by atoms with Crippen LogP contribution < -0.4 is 9.47 Å². The maximum absolute atomic E-state index is 11.7. The van der Waals surface area contributed by atoms with Crippen LogP contribution in [-0.2, 0) is 4.79 Å². The zero-order valence-corrected chi connectivity index (χ0v) is 10.0. The Morgan fingerprint density at radius 1 is 1.18 bits per heavy atom. The van der Waals surface area contributed by atoms with Crippen LogP contribution in [0.25, 0.3) is 0 Å². The highest BCUT2D eigenvalue weighted by Gasteiger charge is 2.30. The lowest BCUT2D eigenvalue weighted by atomic mass is 10.1. The molecule has 0 bridgehead atoms. The summed E-state index contributed by atoms with van der Waals surface area (Å²) in [6.45, 7) is 0. The molecule has 86 valence electrons. The molecule has 0 saturated carbocycles. The van der Waals surface area contributed by atoms with Crippen molar-refractivity contribution in [3.63, 3.8) is 0 Å². The fraction of sp³-hybridized carbons (Fsp3) is 0.0833. The summed E-state index contributed by atoms with van der Waals surface area (Å²) in [4.78, 5) is 11.7. The van der Waals surface area contributed by atoms with Gasteiger partial charge < -0.3 is 9.47 Å². The van der Waals surface area contributed by atoms with Crippen molar-refractivity contribution in [2.75, 3.05) is 0 Å². The second-order valence-corrected chi connectivity index (χ2v) is 4.55. The van der Waals surface area contributed by atoms with E-state index in [1.54, 1.807) is 24.3 Å². The fourth-order valence-corrected chi connectivity index (χ4v) is 2.13. The molecule has 3 nitrogen and oxygen atoms in total. The molecule has 0 radical (unpaired) electrons. The zero-order valence-electron chi connectivity index (χ0n) is 8.50. The molecule has 5 heteroatoms. The van der Waals surface area contributed by atoms with Crippen molar-refractivity contribution < 1.29 is 14.3 Å². The fourth-order valence-electron chi connectivity index (χ4n) is 1.70. The molecule has 1 aromatic rings. The van der Waals surface area contributed by atoms with E-state index in [1.807, 2.05) is 0 Å². The van der Waals surface area contributed by atoms with Gasteiger partial charge in [0.05, 0.1) is 11.4 Å². The summed E-state index contributed by atoms with van der Waals surface area (Å²) >= 11 is 11.8. The molecule has 1 heterocycles. The van der Waals surface area contributed by atoms with Gasteiger partial charge in [-0.05, 0) is 18.2 Å². The van der Waals surface area contributed by atoms with Crippen molar-refractivity contribution in [1.82, 2.24) is 0 Å². The number of fused-ring (bicyclic) bond motifs is 1. The molecule has 1 aliphatic carbocycles. The standard InChI is InChI=1S/C12H6Cl2O3/c13-6-4-8(15)12-10(5-6)16-9-3-1-2-7(14)11(9)17-12/h1-3,5H,4H2. The van der Waals surface area contributed by atoms with E-state index < -0.39 is 0 Å². The number of halogens is 2. The van der Waals surface area contributed by atoms with Gasteiger partial charge >= 0.3 is 0 Å². The van der Waals surface area contributed by atoms with E-state index in [0.29, 0.717) is 27.3 Å². The molecule has 0 saturated heterocycles. The van der Waals surface area contributed by atoms with Crippen LogP contribution in [0.5, 0.6) is 11.5 Å². The Bertz CT molecular complexity index is 587. The molecular weight excluding hydrogens is 263 g/mol. The minimum absolute atomic E-state index is 0.129. The minimum Gasteiger partial charge on any atom is -0.449 e. The topological polar surface area (TPSA) is 35.5 Å². The number of rotatable bonds is 0. The highest BCUT2D eigenvalue weighted by Crippen LogP contribution is 2.42. The number of Topliss-reactive ketones (excluding diaryl/α,β-unsaturated/α-hetero) is 1. The van der Waals surface area contributed by atoms with Gasteiger partial charge in [0.15, 0.2) is 17.3 Å². The van der Waals surface area contributed by atoms with E-state index in [0.717, 1.165) is 0 Å². The van der Waals surface area contributed by atoms with E-state index in [9.17, 15) is 4.79 Å². The summed E-state index contributed by atoms with van der Waals surface area (Å²) in [5.41, 5.74) is 0. The van der Waals surface area contributed by atoms with Crippen LogP contribution in [-0.4, -0.2) is 5.78 Å².